The molecule has 0 heterocycles. The molecule has 0 spiro atoms. The van der Waals surface area contributed by atoms with Crippen LogP contribution < -0.4 is 0 Å². The Balaban J connectivity index is 1.84. The fourth-order valence-electron chi connectivity index (χ4n) is 1.82. The Morgan fingerprint density at radius 2 is 1.93 bits per heavy atom. The average Bonchev–Trinajstić information content (AvgIpc) is 2.15. The molecule has 1 aliphatic carbocycles. The van der Waals surface area contributed by atoms with Gasteiger partial charge >= 0.3 is 5.97 Å². The van der Waals surface area contributed by atoms with E-state index < -0.39 is 0 Å². The van der Waals surface area contributed by atoms with Crippen LogP contribution in [0.3, 0.4) is 0 Å². The molecule has 2 nitrogen and oxygen atoms in total. The first-order valence-electron chi connectivity index (χ1n) is 6.48. The van der Waals surface area contributed by atoms with Gasteiger partial charge in [0.15, 0.2) is 0 Å². The van der Waals surface area contributed by atoms with Crippen molar-refractivity contribution in [3.8, 4) is 0 Å². The average molecular weight is 212 g/mol. The van der Waals surface area contributed by atoms with Gasteiger partial charge in [0.1, 0.15) is 0 Å². The van der Waals surface area contributed by atoms with Crippen LogP contribution in [0.4, 0.5) is 0 Å². The van der Waals surface area contributed by atoms with E-state index in [4.69, 9.17) is 4.74 Å². The summed E-state index contributed by atoms with van der Waals surface area (Å²) in [5, 5.41) is 0. The molecule has 0 aromatic heterocycles. The Labute approximate surface area is 93.4 Å². The molecule has 1 fully saturated rings. The Kier molecular flexibility index (Phi) is 6.45. The first kappa shape index (κ1) is 12.5. The summed E-state index contributed by atoms with van der Waals surface area (Å²) < 4.78 is 5.21. The second-order valence-corrected chi connectivity index (χ2v) is 4.64. The molecule has 0 aliphatic heterocycles. The molecule has 0 unspecified atom stereocenters. The highest BCUT2D eigenvalue weighted by atomic mass is 16.5. The van der Waals surface area contributed by atoms with E-state index in [-0.39, 0.29) is 5.97 Å². The van der Waals surface area contributed by atoms with Crippen molar-refractivity contribution in [2.24, 2.45) is 5.92 Å². The summed E-state index contributed by atoms with van der Waals surface area (Å²) in [6, 6.07) is 0. The third kappa shape index (κ3) is 5.81. The van der Waals surface area contributed by atoms with Gasteiger partial charge in [-0.05, 0) is 25.2 Å². The lowest BCUT2D eigenvalue weighted by Gasteiger charge is -2.24. The number of hydrogen-bond acceptors (Lipinski definition) is 2. The summed E-state index contributed by atoms with van der Waals surface area (Å²) in [6.07, 6.45) is 10.4. The molecule has 0 aromatic rings. The van der Waals surface area contributed by atoms with E-state index in [0.717, 1.165) is 6.42 Å². The van der Waals surface area contributed by atoms with Gasteiger partial charge in [-0.1, -0.05) is 39.0 Å². The van der Waals surface area contributed by atoms with Gasteiger partial charge in [0, 0.05) is 6.42 Å². The van der Waals surface area contributed by atoms with Crippen LogP contribution in [0, 0.1) is 5.92 Å². The smallest absolute Gasteiger partial charge is 0.305 e. The highest BCUT2D eigenvalue weighted by Crippen LogP contribution is 2.26. The van der Waals surface area contributed by atoms with E-state index in [0.29, 0.717) is 18.9 Å². The number of unbranched alkanes of at least 4 members (excludes halogenated alkanes) is 4. The summed E-state index contributed by atoms with van der Waals surface area (Å²) >= 11 is 0. The number of carbonyl (C=O) groups excluding carboxylic acids is 1. The lowest BCUT2D eigenvalue weighted by Crippen LogP contribution is -2.19. The minimum Gasteiger partial charge on any atom is -0.465 e. The van der Waals surface area contributed by atoms with Crippen molar-refractivity contribution in [2.75, 3.05) is 6.61 Å². The second kappa shape index (κ2) is 7.72. The minimum atomic E-state index is 0.0124. The van der Waals surface area contributed by atoms with Crippen molar-refractivity contribution < 1.29 is 9.53 Å². The number of rotatable bonds is 8. The fourth-order valence-corrected chi connectivity index (χ4v) is 1.82. The molecular formula is C13H24O2. The van der Waals surface area contributed by atoms with E-state index >= 15 is 0 Å². The highest BCUT2D eigenvalue weighted by Gasteiger charge is 2.18. The zero-order chi connectivity index (χ0) is 10.9. The van der Waals surface area contributed by atoms with Crippen LogP contribution in [0.2, 0.25) is 0 Å². The Morgan fingerprint density at radius 3 is 2.53 bits per heavy atom. The van der Waals surface area contributed by atoms with Crippen LogP contribution in [0.1, 0.15) is 64.7 Å². The van der Waals surface area contributed by atoms with Crippen LogP contribution in [-0.4, -0.2) is 12.6 Å². The van der Waals surface area contributed by atoms with Gasteiger partial charge < -0.3 is 4.74 Å². The van der Waals surface area contributed by atoms with E-state index in [2.05, 4.69) is 6.92 Å². The molecule has 0 N–H and O–H groups in total. The molecule has 0 saturated heterocycles. The summed E-state index contributed by atoms with van der Waals surface area (Å²) in [7, 11) is 0. The second-order valence-electron chi connectivity index (χ2n) is 4.64. The van der Waals surface area contributed by atoms with Gasteiger partial charge in [-0.3, -0.25) is 4.79 Å². The molecule has 15 heavy (non-hydrogen) atoms. The molecular weight excluding hydrogens is 188 g/mol. The molecule has 88 valence electrons. The van der Waals surface area contributed by atoms with Gasteiger partial charge in [-0.2, -0.15) is 0 Å². The van der Waals surface area contributed by atoms with Crippen molar-refractivity contribution >= 4 is 5.97 Å². The third-order valence-electron chi connectivity index (χ3n) is 3.19. The number of carbonyl (C=O) groups is 1. The molecule has 1 rings (SSSR count). The van der Waals surface area contributed by atoms with E-state index in [9.17, 15) is 4.79 Å². The third-order valence-corrected chi connectivity index (χ3v) is 3.19. The van der Waals surface area contributed by atoms with Gasteiger partial charge in [0.05, 0.1) is 6.61 Å². The van der Waals surface area contributed by atoms with Gasteiger partial charge in [-0.15, -0.1) is 0 Å². The maximum atomic E-state index is 11.3. The molecule has 0 atom stereocenters. The SMILES string of the molecule is CCCCCCCC(=O)OCC1CCC1. The number of esters is 1. The Hall–Kier alpha value is -0.530. The monoisotopic (exact) mass is 212 g/mol. The minimum absolute atomic E-state index is 0.0124. The van der Waals surface area contributed by atoms with Crippen molar-refractivity contribution in [1.29, 1.82) is 0 Å². The Bertz CT molecular complexity index is 173. The topological polar surface area (TPSA) is 26.3 Å². The quantitative estimate of drug-likeness (QED) is 0.453. The van der Waals surface area contributed by atoms with Gasteiger partial charge in [0.2, 0.25) is 0 Å². The lowest BCUT2D eigenvalue weighted by atomic mass is 9.86. The predicted octanol–water partition coefficient (Wildman–Crippen LogP) is 3.69. The maximum Gasteiger partial charge on any atom is 0.305 e. The van der Waals surface area contributed by atoms with Crippen LogP contribution in [0.25, 0.3) is 0 Å². The van der Waals surface area contributed by atoms with Crippen molar-refractivity contribution in [1.82, 2.24) is 0 Å². The van der Waals surface area contributed by atoms with Crippen molar-refractivity contribution in [2.45, 2.75) is 64.7 Å². The maximum absolute atomic E-state index is 11.3. The van der Waals surface area contributed by atoms with Crippen LogP contribution in [0.5, 0.6) is 0 Å². The first-order chi connectivity index (χ1) is 7.33. The number of ether oxygens (including phenoxy) is 1. The summed E-state index contributed by atoms with van der Waals surface area (Å²) in [6.45, 7) is 2.88. The van der Waals surface area contributed by atoms with E-state index in [1.807, 2.05) is 0 Å². The number of hydrogen-bond donors (Lipinski definition) is 0. The fraction of sp³-hybridized carbons (Fsp3) is 0.923. The summed E-state index contributed by atoms with van der Waals surface area (Å²) in [4.78, 5) is 11.3. The standard InChI is InChI=1S/C13H24O2/c1-2-3-4-5-6-10-13(14)15-11-12-8-7-9-12/h12H,2-11H2,1H3. The predicted molar refractivity (Wildman–Crippen MR) is 61.7 cm³/mol. The van der Waals surface area contributed by atoms with Gasteiger partial charge in [0.25, 0.3) is 0 Å². The molecule has 0 aromatic carbocycles. The molecule has 0 bridgehead atoms. The largest absolute Gasteiger partial charge is 0.465 e. The molecule has 1 saturated carbocycles. The van der Waals surface area contributed by atoms with Crippen molar-refractivity contribution in [3.05, 3.63) is 0 Å². The summed E-state index contributed by atoms with van der Waals surface area (Å²) in [5.74, 6) is 0.687. The molecule has 0 radical (unpaired) electrons. The zero-order valence-corrected chi connectivity index (χ0v) is 9.96. The first-order valence-corrected chi connectivity index (χ1v) is 6.48. The molecule has 2 heteroatoms. The van der Waals surface area contributed by atoms with E-state index in [1.54, 1.807) is 0 Å². The van der Waals surface area contributed by atoms with Crippen molar-refractivity contribution in [3.63, 3.8) is 0 Å². The van der Waals surface area contributed by atoms with Crippen LogP contribution >= 0.6 is 0 Å². The molecule has 1 aliphatic rings. The van der Waals surface area contributed by atoms with Crippen LogP contribution in [0.15, 0.2) is 0 Å². The summed E-state index contributed by atoms with van der Waals surface area (Å²) in [5.41, 5.74) is 0. The van der Waals surface area contributed by atoms with Gasteiger partial charge in [-0.25, -0.2) is 0 Å². The van der Waals surface area contributed by atoms with E-state index in [1.165, 1.54) is 44.9 Å². The zero-order valence-electron chi connectivity index (χ0n) is 9.96. The molecule has 0 amide bonds. The van der Waals surface area contributed by atoms with Crippen LogP contribution in [-0.2, 0) is 9.53 Å². The Morgan fingerprint density at radius 1 is 1.20 bits per heavy atom. The lowest BCUT2D eigenvalue weighted by molar-refractivity contribution is -0.146. The highest BCUT2D eigenvalue weighted by molar-refractivity contribution is 5.69. The normalized spacial score (nSPS) is 16.1.